The zero-order chi connectivity index (χ0) is 13.8. The molecule has 2 aromatic rings. The predicted molar refractivity (Wildman–Crippen MR) is 76.8 cm³/mol. The SMILES string of the molecule is CC(C)c1ccccc1Oc1cccc(Cl)c1C#N. The van der Waals surface area contributed by atoms with Crippen molar-refractivity contribution in [2.24, 2.45) is 0 Å². The number of nitriles is 1. The largest absolute Gasteiger partial charge is 0.456 e. The highest BCUT2D eigenvalue weighted by Gasteiger charge is 2.12. The second-order valence-corrected chi connectivity index (χ2v) is 4.93. The Morgan fingerprint density at radius 1 is 1.05 bits per heavy atom. The summed E-state index contributed by atoms with van der Waals surface area (Å²) in [5.41, 5.74) is 1.47. The predicted octanol–water partition coefficient (Wildman–Crippen LogP) is 5.13. The molecular weight excluding hydrogens is 258 g/mol. The third-order valence-electron chi connectivity index (χ3n) is 2.85. The second-order valence-electron chi connectivity index (χ2n) is 4.52. The third kappa shape index (κ3) is 2.89. The summed E-state index contributed by atoms with van der Waals surface area (Å²) in [6.07, 6.45) is 0. The van der Waals surface area contributed by atoms with E-state index in [1.165, 1.54) is 0 Å². The lowest BCUT2D eigenvalue weighted by Crippen LogP contribution is -1.95. The van der Waals surface area contributed by atoms with Gasteiger partial charge in [-0.2, -0.15) is 5.26 Å². The summed E-state index contributed by atoms with van der Waals surface area (Å²) < 4.78 is 5.87. The minimum absolute atomic E-state index is 0.348. The van der Waals surface area contributed by atoms with Crippen molar-refractivity contribution in [3.8, 4) is 17.6 Å². The number of nitrogens with zero attached hydrogens (tertiary/aromatic N) is 1. The molecule has 0 N–H and O–H groups in total. The van der Waals surface area contributed by atoms with Crippen molar-refractivity contribution in [3.05, 3.63) is 58.6 Å². The van der Waals surface area contributed by atoms with Crippen LogP contribution in [0.1, 0.15) is 30.9 Å². The number of hydrogen-bond acceptors (Lipinski definition) is 2. The molecule has 3 heteroatoms. The van der Waals surface area contributed by atoms with E-state index in [-0.39, 0.29) is 0 Å². The van der Waals surface area contributed by atoms with Gasteiger partial charge in [-0.25, -0.2) is 0 Å². The van der Waals surface area contributed by atoms with E-state index in [2.05, 4.69) is 19.9 Å². The van der Waals surface area contributed by atoms with Gasteiger partial charge >= 0.3 is 0 Å². The molecule has 0 radical (unpaired) electrons. The van der Waals surface area contributed by atoms with Gasteiger partial charge in [0.05, 0.1) is 5.02 Å². The van der Waals surface area contributed by atoms with Crippen LogP contribution in [0.5, 0.6) is 11.5 Å². The van der Waals surface area contributed by atoms with Crippen LogP contribution in [0.15, 0.2) is 42.5 Å². The summed E-state index contributed by atoms with van der Waals surface area (Å²) in [5, 5.41) is 9.55. The van der Waals surface area contributed by atoms with Gasteiger partial charge in [-0.1, -0.05) is 49.7 Å². The van der Waals surface area contributed by atoms with E-state index in [1.807, 2.05) is 24.3 Å². The van der Waals surface area contributed by atoms with E-state index in [0.717, 1.165) is 11.3 Å². The average Bonchev–Trinajstić information content (AvgIpc) is 2.39. The molecule has 0 fully saturated rings. The van der Waals surface area contributed by atoms with Crippen LogP contribution < -0.4 is 4.74 Å². The van der Waals surface area contributed by atoms with Crippen molar-refractivity contribution in [2.45, 2.75) is 19.8 Å². The fraction of sp³-hybridized carbons (Fsp3) is 0.188. The van der Waals surface area contributed by atoms with E-state index in [1.54, 1.807) is 18.2 Å². The Hall–Kier alpha value is -1.98. The van der Waals surface area contributed by atoms with Gasteiger partial charge in [0.1, 0.15) is 23.1 Å². The maximum absolute atomic E-state index is 9.14. The smallest absolute Gasteiger partial charge is 0.146 e. The summed E-state index contributed by atoms with van der Waals surface area (Å²) in [6, 6.07) is 15.1. The highest BCUT2D eigenvalue weighted by molar-refractivity contribution is 6.31. The summed E-state index contributed by atoms with van der Waals surface area (Å²) in [6.45, 7) is 4.21. The van der Waals surface area contributed by atoms with E-state index in [4.69, 9.17) is 21.6 Å². The topological polar surface area (TPSA) is 33.0 Å². The van der Waals surface area contributed by atoms with Gasteiger partial charge in [-0.3, -0.25) is 0 Å². The van der Waals surface area contributed by atoms with Crippen LogP contribution in [-0.2, 0) is 0 Å². The summed E-state index contributed by atoms with van der Waals surface area (Å²) in [4.78, 5) is 0. The van der Waals surface area contributed by atoms with Gasteiger partial charge in [0.25, 0.3) is 0 Å². The van der Waals surface area contributed by atoms with E-state index in [9.17, 15) is 0 Å². The fourth-order valence-electron chi connectivity index (χ4n) is 1.87. The monoisotopic (exact) mass is 271 g/mol. The van der Waals surface area contributed by atoms with E-state index in [0.29, 0.717) is 22.3 Å². The molecule has 19 heavy (non-hydrogen) atoms. The minimum Gasteiger partial charge on any atom is -0.456 e. The Balaban J connectivity index is 2.43. The van der Waals surface area contributed by atoms with Crippen LogP contribution in [0.4, 0.5) is 0 Å². The Kier molecular flexibility index (Phi) is 4.09. The molecule has 2 aromatic carbocycles. The van der Waals surface area contributed by atoms with Gasteiger partial charge in [0, 0.05) is 0 Å². The molecule has 0 amide bonds. The first kappa shape index (κ1) is 13.5. The number of para-hydroxylation sites is 1. The molecule has 0 saturated heterocycles. The number of hydrogen-bond donors (Lipinski definition) is 0. The maximum Gasteiger partial charge on any atom is 0.146 e. The van der Waals surface area contributed by atoms with Gasteiger partial charge in [0.15, 0.2) is 0 Å². The standard InChI is InChI=1S/C16H14ClNO/c1-11(2)12-6-3-4-8-15(12)19-16-9-5-7-14(17)13(16)10-18/h3-9,11H,1-2H3. The summed E-state index contributed by atoms with van der Waals surface area (Å²) >= 11 is 6.00. The molecule has 2 nitrogen and oxygen atoms in total. The van der Waals surface area contributed by atoms with Crippen molar-refractivity contribution >= 4 is 11.6 Å². The Labute approximate surface area is 118 Å². The molecule has 0 bridgehead atoms. The van der Waals surface area contributed by atoms with Crippen molar-refractivity contribution < 1.29 is 4.74 Å². The molecule has 96 valence electrons. The maximum atomic E-state index is 9.14. The number of ether oxygens (including phenoxy) is 1. The average molecular weight is 272 g/mol. The molecule has 0 aliphatic carbocycles. The van der Waals surface area contributed by atoms with E-state index < -0.39 is 0 Å². The number of benzene rings is 2. The van der Waals surface area contributed by atoms with Crippen molar-refractivity contribution in [3.63, 3.8) is 0 Å². The molecule has 0 aromatic heterocycles. The highest BCUT2D eigenvalue weighted by Crippen LogP contribution is 2.33. The molecule has 0 spiro atoms. The molecule has 0 aliphatic rings. The Morgan fingerprint density at radius 2 is 1.74 bits per heavy atom. The normalized spacial score (nSPS) is 10.3. The Bertz CT molecular complexity index is 629. The minimum atomic E-state index is 0.348. The lowest BCUT2D eigenvalue weighted by molar-refractivity contribution is 0.471. The van der Waals surface area contributed by atoms with Crippen LogP contribution in [0.3, 0.4) is 0 Å². The third-order valence-corrected chi connectivity index (χ3v) is 3.16. The van der Waals surface area contributed by atoms with Crippen LogP contribution in [0, 0.1) is 11.3 Å². The number of rotatable bonds is 3. The van der Waals surface area contributed by atoms with Crippen LogP contribution >= 0.6 is 11.6 Å². The van der Waals surface area contributed by atoms with E-state index >= 15 is 0 Å². The van der Waals surface area contributed by atoms with Crippen molar-refractivity contribution in [1.82, 2.24) is 0 Å². The van der Waals surface area contributed by atoms with Crippen LogP contribution in [0.2, 0.25) is 5.02 Å². The lowest BCUT2D eigenvalue weighted by Gasteiger charge is -2.14. The molecule has 2 rings (SSSR count). The Morgan fingerprint density at radius 3 is 2.42 bits per heavy atom. The first-order valence-electron chi connectivity index (χ1n) is 6.09. The second kappa shape index (κ2) is 5.77. The van der Waals surface area contributed by atoms with Crippen LogP contribution in [0.25, 0.3) is 0 Å². The van der Waals surface area contributed by atoms with Gasteiger partial charge < -0.3 is 4.74 Å². The fourth-order valence-corrected chi connectivity index (χ4v) is 2.07. The summed E-state index contributed by atoms with van der Waals surface area (Å²) in [7, 11) is 0. The molecule has 0 heterocycles. The first-order chi connectivity index (χ1) is 9.13. The summed E-state index contributed by atoms with van der Waals surface area (Å²) in [5.74, 6) is 1.60. The van der Waals surface area contributed by atoms with Gasteiger partial charge in [-0.05, 0) is 29.7 Å². The molecule has 0 unspecified atom stereocenters. The lowest BCUT2D eigenvalue weighted by atomic mass is 10.0. The van der Waals surface area contributed by atoms with Crippen LogP contribution in [-0.4, -0.2) is 0 Å². The molecular formula is C16H14ClNO. The van der Waals surface area contributed by atoms with Crippen molar-refractivity contribution in [2.75, 3.05) is 0 Å². The quantitative estimate of drug-likeness (QED) is 0.775. The highest BCUT2D eigenvalue weighted by atomic mass is 35.5. The first-order valence-corrected chi connectivity index (χ1v) is 6.46. The molecule has 0 saturated carbocycles. The molecule has 0 aliphatic heterocycles. The zero-order valence-corrected chi connectivity index (χ0v) is 11.6. The van der Waals surface area contributed by atoms with Crippen molar-refractivity contribution in [1.29, 1.82) is 5.26 Å². The van der Waals surface area contributed by atoms with Gasteiger partial charge in [-0.15, -0.1) is 0 Å². The molecule has 0 atom stereocenters. The number of halogens is 1. The van der Waals surface area contributed by atoms with Gasteiger partial charge in [0.2, 0.25) is 0 Å². The zero-order valence-electron chi connectivity index (χ0n) is 10.9.